The molecule has 1 spiro atoms. The van der Waals surface area contributed by atoms with Crippen molar-refractivity contribution < 1.29 is 23.9 Å². The van der Waals surface area contributed by atoms with Crippen LogP contribution in [0.4, 0.5) is 4.79 Å². The molecule has 1 aliphatic carbocycles. The van der Waals surface area contributed by atoms with E-state index in [1.54, 1.807) is 4.90 Å². The quantitative estimate of drug-likeness (QED) is 0.556. The Morgan fingerprint density at radius 3 is 2.40 bits per heavy atom. The van der Waals surface area contributed by atoms with Crippen LogP contribution in [0.15, 0.2) is 0 Å². The van der Waals surface area contributed by atoms with Gasteiger partial charge in [-0.15, -0.1) is 0 Å². The summed E-state index contributed by atoms with van der Waals surface area (Å²) in [6.45, 7) is 8.42. The van der Waals surface area contributed by atoms with E-state index in [0.717, 1.165) is 37.0 Å². The second-order valence-electron chi connectivity index (χ2n) is 10.1. The van der Waals surface area contributed by atoms with Crippen molar-refractivity contribution in [2.45, 2.75) is 84.2 Å². The van der Waals surface area contributed by atoms with Gasteiger partial charge in [-0.2, -0.15) is 0 Å². The first-order valence-electron chi connectivity index (χ1n) is 11.1. The summed E-state index contributed by atoms with van der Waals surface area (Å²) in [5.41, 5.74) is -0.743. The zero-order valence-corrected chi connectivity index (χ0v) is 18.7. The Morgan fingerprint density at radius 1 is 1.13 bits per heavy atom. The minimum absolute atomic E-state index is 0.138. The zero-order chi connectivity index (χ0) is 22.1. The number of esters is 1. The number of urea groups is 1. The molecule has 1 N–H and O–H groups in total. The van der Waals surface area contributed by atoms with Crippen LogP contribution in [0.3, 0.4) is 0 Å². The highest BCUT2D eigenvalue weighted by molar-refractivity contribution is 6.08. The lowest BCUT2D eigenvalue weighted by atomic mass is 9.67. The van der Waals surface area contributed by atoms with Crippen molar-refractivity contribution in [1.82, 2.24) is 15.1 Å². The lowest BCUT2D eigenvalue weighted by Gasteiger charge is -2.40. The molecule has 168 valence electrons. The summed E-state index contributed by atoms with van der Waals surface area (Å²) in [4.78, 5) is 52.6. The van der Waals surface area contributed by atoms with Crippen LogP contribution in [0, 0.1) is 11.3 Å². The highest BCUT2D eigenvalue weighted by Crippen LogP contribution is 2.43. The number of carbonyl (C=O) groups excluding carboxylic acids is 4. The maximum Gasteiger partial charge on any atom is 0.326 e. The Hall–Kier alpha value is -2.12. The smallest absolute Gasteiger partial charge is 0.326 e. The van der Waals surface area contributed by atoms with Gasteiger partial charge >= 0.3 is 12.0 Å². The van der Waals surface area contributed by atoms with Crippen molar-refractivity contribution in [1.29, 1.82) is 0 Å². The van der Waals surface area contributed by atoms with E-state index < -0.39 is 24.1 Å². The standard InChI is InChI=1S/C22H35N3O5/c1-15-7-5-6-12-24(15)17(26)14-30-18(27)13-25-19(28)22(23-20(25)29)10-8-16(9-11-22)21(2,3)4/h15-16H,5-14H2,1-4H3,(H,23,29). The fraction of sp³-hybridized carbons (Fsp3) is 0.818. The van der Waals surface area contributed by atoms with Crippen LogP contribution in [-0.4, -0.2) is 64.9 Å². The Bertz CT molecular complexity index is 706. The average molecular weight is 422 g/mol. The van der Waals surface area contributed by atoms with Gasteiger partial charge in [-0.25, -0.2) is 4.79 Å². The molecule has 3 fully saturated rings. The van der Waals surface area contributed by atoms with Crippen molar-refractivity contribution in [3.8, 4) is 0 Å². The molecule has 1 unspecified atom stereocenters. The van der Waals surface area contributed by atoms with E-state index in [1.807, 2.05) is 6.92 Å². The van der Waals surface area contributed by atoms with Gasteiger partial charge in [-0.05, 0) is 63.2 Å². The minimum Gasteiger partial charge on any atom is -0.454 e. The fourth-order valence-electron chi connectivity index (χ4n) is 5.00. The molecule has 2 saturated heterocycles. The van der Waals surface area contributed by atoms with E-state index in [2.05, 4.69) is 26.1 Å². The molecule has 2 aliphatic heterocycles. The predicted octanol–water partition coefficient (Wildman–Crippen LogP) is 2.46. The highest BCUT2D eigenvalue weighted by Gasteiger charge is 2.53. The van der Waals surface area contributed by atoms with Crippen LogP contribution in [0.5, 0.6) is 0 Å². The van der Waals surface area contributed by atoms with E-state index >= 15 is 0 Å². The van der Waals surface area contributed by atoms with Crippen LogP contribution >= 0.6 is 0 Å². The molecule has 3 rings (SSSR count). The molecule has 1 atom stereocenters. The number of hydrogen-bond donors (Lipinski definition) is 1. The number of ether oxygens (including phenoxy) is 1. The summed E-state index contributed by atoms with van der Waals surface area (Å²) in [5.74, 6) is -0.829. The third-order valence-electron chi connectivity index (χ3n) is 7.08. The van der Waals surface area contributed by atoms with Gasteiger partial charge in [0.05, 0.1) is 0 Å². The Balaban J connectivity index is 1.52. The maximum atomic E-state index is 13.0. The molecule has 8 heteroatoms. The van der Waals surface area contributed by atoms with E-state index in [0.29, 0.717) is 25.3 Å². The third-order valence-corrected chi connectivity index (χ3v) is 7.08. The van der Waals surface area contributed by atoms with Crippen molar-refractivity contribution >= 4 is 23.8 Å². The number of carbonyl (C=O) groups is 4. The van der Waals surface area contributed by atoms with Crippen molar-refractivity contribution in [2.24, 2.45) is 11.3 Å². The predicted molar refractivity (Wildman–Crippen MR) is 110 cm³/mol. The first-order valence-corrected chi connectivity index (χ1v) is 11.1. The lowest BCUT2D eigenvalue weighted by molar-refractivity contribution is -0.155. The second kappa shape index (κ2) is 8.55. The van der Waals surface area contributed by atoms with Crippen LogP contribution in [-0.2, 0) is 19.1 Å². The molecular weight excluding hydrogens is 386 g/mol. The summed E-state index contributed by atoms with van der Waals surface area (Å²) >= 11 is 0. The lowest BCUT2D eigenvalue weighted by Crippen LogP contribution is -2.50. The second-order valence-corrected chi connectivity index (χ2v) is 10.1. The normalized spacial score (nSPS) is 29.9. The SMILES string of the molecule is CC1CCCCN1C(=O)COC(=O)CN1C(=O)NC2(CCC(C(C)(C)C)CC2)C1=O. The average Bonchev–Trinajstić information content (AvgIpc) is 2.90. The number of nitrogens with zero attached hydrogens (tertiary/aromatic N) is 2. The molecular formula is C22H35N3O5. The van der Waals surface area contributed by atoms with Crippen LogP contribution in [0.2, 0.25) is 0 Å². The van der Waals surface area contributed by atoms with Gasteiger partial charge in [-0.1, -0.05) is 20.8 Å². The number of nitrogens with one attached hydrogen (secondary N) is 1. The van der Waals surface area contributed by atoms with Crippen LogP contribution in [0.1, 0.15) is 72.6 Å². The molecule has 0 aromatic carbocycles. The van der Waals surface area contributed by atoms with Gasteiger partial charge < -0.3 is 15.0 Å². The Labute approximate surface area is 178 Å². The highest BCUT2D eigenvalue weighted by atomic mass is 16.5. The van der Waals surface area contributed by atoms with Crippen LogP contribution < -0.4 is 5.32 Å². The van der Waals surface area contributed by atoms with E-state index in [1.165, 1.54) is 0 Å². The molecule has 4 amide bonds. The van der Waals surface area contributed by atoms with Gasteiger partial charge in [-0.3, -0.25) is 19.3 Å². The molecule has 0 bridgehead atoms. The molecule has 3 aliphatic rings. The van der Waals surface area contributed by atoms with Crippen LogP contribution in [0.25, 0.3) is 0 Å². The van der Waals surface area contributed by atoms with E-state index in [4.69, 9.17) is 4.74 Å². The van der Waals surface area contributed by atoms with Gasteiger partial charge in [0.1, 0.15) is 12.1 Å². The zero-order valence-electron chi connectivity index (χ0n) is 18.7. The summed E-state index contributed by atoms with van der Waals surface area (Å²) in [6, 6.07) is -0.416. The van der Waals surface area contributed by atoms with Gasteiger partial charge in [0.25, 0.3) is 11.8 Å². The third kappa shape index (κ3) is 4.62. The molecule has 0 aromatic heterocycles. The van der Waals surface area contributed by atoms with Gasteiger partial charge in [0.2, 0.25) is 0 Å². The molecule has 2 heterocycles. The van der Waals surface area contributed by atoms with Crippen molar-refractivity contribution in [3.05, 3.63) is 0 Å². The summed E-state index contributed by atoms with van der Waals surface area (Å²) in [6.07, 6.45) is 5.86. The topological polar surface area (TPSA) is 96.0 Å². The van der Waals surface area contributed by atoms with Crippen molar-refractivity contribution in [3.63, 3.8) is 0 Å². The molecule has 0 radical (unpaired) electrons. The summed E-state index contributed by atoms with van der Waals surface area (Å²) < 4.78 is 5.10. The van der Waals surface area contributed by atoms with Crippen molar-refractivity contribution in [2.75, 3.05) is 19.7 Å². The molecule has 0 aromatic rings. The Morgan fingerprint density at radius 2 is 1.80 bits per heavy atom. The maximum absolute atomic E-state index is 13.0. The number of imide groups is 1. The monoisotopic (exact) mass is 421 g/mol. The largest absolute Gasteiger partial charge is 0.454 e. The fourth-order valence-corrected chi connectivity index (χ4v) is 5.00. The van der Waals surface area contributed by atoms with E-state index in [-0.39, 0.29) is 29.9 Å². The molecule has 1 saturated carbocycles. The molecule has 8 nitrogen and oxygen atoms in total. The summed E-state index contributed by atoms with van der Waals surface area (Å²) in [5, 5.41) is 2.82. The molecule has 30 heavy (non-hydrogen) atoms. The van der Waals surface area contributed by atoms with Gasteiger partial charge in [0.15, 0.2) is 6.61 Å². The number of hydrogen-bond acceptors (Lipinski definition) is 5. The first-order chi connectivity index (χ1) is 14.0. The minimum atomic E-state index is -0.905. The first kappa shape index (κ1) is 22.6. The summed E-state index contributed by atoms with van der Waals surface area (Å²) in [7, 11) is 0. The number of amides is 4. The number of piperidine rings is 1. The van der Waals surface area contributed by atoms with Gasteiger partial charge in [0, 0.05) is 12.6 Å². The van der Waals surface area contributed by atoms with E-state index in [9.17, 15) is 19.2 Å². The number of rotatable bonds is 4. The number of likely N-dealkylation sites (tertiary alicyclic amines) is 1. The Kier molecular flexibility index (Phi) is 6.43.